The Morgan fingerprint density at radius 1 is 0.941 bits per heavy atom. The molecule has 1 amide bonds. The van der Waals surface area contributed by atoms with Crippen molar-refractivity contribution in [2.24, 2.45) is 0 Å². The lowest BCUT2D eigenvalue weighted by Gasteiger charge is -2.27. The van der Waals surface area contributed by atoms with Crippen molar-refractivity contribution in [1.29, 1.82) is 0 Å². The second-order valence-electron chi connectivity index (χ2n) is 5.86. The average molecular weight is 275 g/mol. The molecule has 0 spiro atoms. The first-order valence-corrected chi connectivity index (χ1v) is 12.5. The SMILES string of the molecule is C[Si]1(C)CC[Si](C)(C)OCCN(C=O)CCO1. The summed E-state index contributed by atoms with van der Waals surface area (Å²) in [5.74, 6) is 0. The van der Waals surface area contributed by atoms with Crippen LogP contribution in [0.1, 0.15) is 0 Å². The summed E-state index contributed by atoms with van der Waals surface area (Å²) < 4.78 is 12.0. The minimum atomic E-state index is -1.57. The Hall–Kier alpha value is -0.176. The monoisotopic (exact) mass is 275 g/mol. The van der Waals surface area contributed by atoms with E-state index in [1.807, 2.05) is 0 Å². The first-order valence-electron chi connectivity index (χ1n) is 6.32. The van der Waals surface area contributed by atoms with Crippen molar-refractivity contribution in [2.75, 3.05) is 26.3 Å². The van der Waals surface area contributed by atoms with Gasteiger partial charge in [-0.25, -0.2) is 0 Å². The zero-order valence-electron chi connectivity index (χ0n) is 11.5. The van der Waals surface area contributed by atoms with Crippen LogP contribution in [0.15, 0.2) is 0 Å². The van der Waals surface area contributed by atoms with Gasteiger partial charge in [-0.2, -0.15) is 0 Å². The molecule has 1 aliphatic heterocycles. The lowest BCUT2D eigenvalue weighted by molar-refractivity contribution is -0.118. The third kappa shape index (κ3) is 5.80. The van der Waals surface area contributed by atoms with Crippen molar-refractivity contribution >= 4 is 23.0 Å². The minimum absolute atomic E-state index is 0.667. The van der Waals surface area contributed by atoms with Crippen LogP contribution in [0.4, 0.5) is 0 Å². The molecule has 0 radical (unpaired) electrons. The number of amides is 1. The zero-order valence-corrected chi connectivity index (χ0v) is 13.5. The first kappa shape index (κ1) is 14.9. The fraction of sp³-hybridized carbons (Fsp3) is 0.909. The third-order valence-corrected chi connectivity index (χ3v) is 8.60. The fourth-order valence-corrected chi connectivity index (χ4v) is 8.23. The van der Waals surface area contributed by atoms with Crippen molar-refractivity contribution < 1.29 is 13.6 Å². The van der Waals surface area contributed by atoms with E-state index < -0.39 is 16.6 Å². The van der Waals surface area contributed by atoms with Gasteiger partial charge in [0.05, 0.1) is 13.2 Å². The molecule has 1 heterocycles. The Bertz CT molecular complexity index is 237. The van der Waals surface area contributed by atoms with Gasteiger partial charge in [0, 0.05) is 13.1 Å². The summed E-state index contributed by atoms with van der Waals surface area (Å²) in [4.78, 5) is 12.6. The highest BCUT2D eigenvalue weighted by atomic mass is 28.4. The number of carbonyl (C=O) groups is 1. The van der Waals surface area contributed by atoms with Gasteiger partial charge in [0.1, 0.15) is 0 Å². The van der Waals surface area contributed by atoms with Crippen LogP contribution in [-0.2, 0) is 13.6 Å². The van der Waals surface area contributed by atoms with Gasteiger partial charge in [-0.3, -0.25) is 4.79 Å². The summed E-state index contributed by atoms with van der Waals surface area (Å²) >= 11 is 0. The molecule has 0 aromatic rings. The van der Waals surface area contributed by atoms with Gasteiger partial charge < -0.3 is 13.8 Å². The van der Waals surface area contributed by atoms with Gasteiger partial charge in [-0.15, -0.1) is 0 Å². The Morgan fingerprint density at radius 3 is 1.71 bits per heavy atom. The molecular formula is C11H25NO3Si2. The van der Waals surface area contributed by atoms with Crippen LogP contribution >= 0.6 is 0 Å². The highest BCUT2D eigenvalue weighted by Crippen LogP contribution is 2.22. The molecule has 0 aromatic heterocycles. The van der Waals surface area contributed by atoms with Crippen molar-refractivity contribution in [3.63, 3.8) is 0 Å². The molecule has 1 rings (SSSR count). The summed E-state index contributed by atoms with van der Waals surface area (Å²) in [6, 6.07) is 2.32. The van der Waals surface area contributed by atoms with Crippen molar-refractivity contribution in [3.8, 4) is 0 Å². The molecule has 0 saturated carbocycles. The molecule has 0 unspecified atom stereocenters. The molecule has 0 aliphatic carbocycles. The molecule has 4 nitrogen and oxygen atoms in total. The Morgan fingerprint density at radius 2 is 1.35 bits per heavy atom. The standard InChI is InChI=1S/C11H25NO3Si2/c1-16(2)9-10-17(3,4)15-8-6-12(11-13)5-7-14-16/h11H,5-10H2,1-4H3. The Labute approximate surface area is 107 Å². The van der Waals surface area contributed by atoms with Gasteiger partial charge in [0.25, 0.3) is 0 Å². The largest absolute Gasteiger partial charge is 0.416 e. The quantitative estimate of drug-likeness (QED) is 0.542. The van der Waals surface area contributed by atoms with Crippen LogP contribution < -0.4 is 0 Å². The molecule has 1 aliphatic rings. The number of rotatable bonds is 1. The second-order valence-corrected chi connectivity index (χ2v) is 14.5. The van der Waals surface area contributed by atoms with Gasteiger partial charge in [0.15, 0.2) is 16.6 Å². The topological polar surface area (TPSA) is 38.8 Å². The van der Waals surface area contributed by atoms with Crippen LogP contribution in [0, 0.1) is 0 Å². The predicted octanol–water partition coefficient (Wildman–Crippen LogP) is 1.90. The normalized spacial score (nSPS) is 26.0. The molecule has 100 valence electrons. The number of nitrogens with zero attached hydrogens (tertiary/aromatic N) is 1. The van der Waals surface area contributed by atoms with E-state index in [9.17, 15) is 4.79 Å². The van der Waals surface area contributed by atoms with E-state index in [1.54, 1.807) is 4.90 Å². The summed E-state index contributed by atoms with van der Waals surface area (Å²) in [6.07, 6.45) is 0.897. The summed E-state index contributed by atoms with van der Waals surface area (Å²) in [7, 11) is -3.14. The highest BCUT2D eigenvalue weighted by Gasteiger charge is 2.30. The lowest BCUT2D eigenvalue weighted by Crippen LogP contribution is -2.37. The van der Waals surface area contributed by atoms with Gasteiger partial charge >= 0.3 is 0 Å². The van der Waals surface area contributed by atoms with E-state index in [2.05, 4.69) is 26.2 Å². The zero-order chi connectivity index (χ0) is 12.9. The van der Waals surface area contributed by atoms with E-state index in [0.717, 1.165) is 18.5 Å². The number of hydrogen-bond acceptors (Lipinski definition) is 3. The minimum Gasteiger partial charge on any atom is -0.416 e. The summed E-state index contributed by atoms with van der Waals surface area (Å²) in [6.45, 7) is 11.7. The van der Waals surface area contributed by atoms with E-state index in [1.165, 1.54) is 0 Å². The van der Waals surface area contributed by atoms with E-state index >= 15 is 0 Å². The lowest BCUT2D eigenvalue weighted by atomic mass is 10.5. The molecule has 1 fully saturated rings. The maximum Gasteiger partial charge on any atom is 0.209 e. The Kier molecular flexibility index (Phi) is 5.36. The van der Waals surface area contributed by atoms with Crippen molar-refractivity contribution in [3.05, 3.63) is 0 Å². The van der Waals surface area contributed by atoms with E-state index in [4.69, 9.17) is 8.85 Å². The smallest absolute Gasteiger partial charge is 0.209 e. The third-order valence-electron chi connectivity index (χ3n) is 3.22. The molecule has 0 aromatic carbocycles. The van der Waals surface area contributed by atoms with E-state index in [-0.39, 0.29) is 0 Å². The molecule has 6 heteroatoms. The maximum atomic E-state index is 10.9. The summed E-state index contributed by atoms with van der Waals surface area (Å²) in [5.41, 5.74) is 0. The van der Waals surface area contributed by atoms with Gasteiger partial charge in [0.2, 0.25) is 6.41 Å². The fourth-order valence-electron chi connectivity index (χ4n) is 1.84. The van der Waals surface area contributed by atoms with Crippen LogP contribution in [-0.4, -0.2) is 54.2 Å². The Balaban J connectivity index is 2.63. The molecule has 1 saturated heterocycles. The van der Waals surface area contributed by atoms with Crippen molar-refractivity contribution in [1.82, 2.24) is 4.90 Å². The van der Waals surface area contributed by atoms with Crippen LogP contribution in [0.2, 0.25) is 38.3 Å². The van der Waals surface area contributed by atoms with Gasteiger partial charge in [-0.05, 0) is 38.3 Å². The first-order chi connectivity index (χ1) is 7.85. The number of carbonyl (C=O) groups excluding carboxylic acids is 1. The average Bonchev–Trinajstić information content (AvgIpc) is 2.25. The molecule has 0 atom stereocenters. The van der Waals surface area contributed by atoms with Crippen LogP contribution in [0.25, 0.3) is 0 Å². The molecular weight excluding hydrogens is 250 g/mol. The van der Waals surface area contributed by atoms with Crippen molar-refractivity contribution in [2.45, 2.75) is 38.3 Å². The van der Waals surface area contributed by atoms with Crippen LogP contribution in [0.3, 0.4) is 0 Å². The molecule has 0 N–H and O–H groups in total. The molecule has 17 heavy (non-hydrogen) atoms. The van der Waals surface area contributed by atoms with Gasteiger partial charge in [-0.1, -0.05) is 0 Å². The second kappa shape index (κ2) is 6.13. The number of hydrogen-bond donors (Lipinski definition) is 0. The summed E-state index contributed by atoms with van der Waals surface area (Å²) in [5, 5.41) is 0. The highest BCUT2D eigenvalue weighted by molar-refractivity contribution is 6.76. The van der Waals surface area contributed by atoms with Crippen LogP contribution in [0.5, 0.6) is 0 Å². The van der Waals surface area contributed by atoms with E-state index in [0.29, 0.717) is 26.3 Å². The molecule has 0 bridgehead atoms. The maximum absolute atomic E-state index is 10.9. The predicted molar refractivity (Wildman–Crippen MR) is 74.1 cm³/mol.